The summed E-state index contributed by atoms with van der Waals surface area (Å²) in [5.74, 6) is 1.75. The van der Waals surface area contributed by atoms with Crippen LogP contribution in [0.5, 0.6) is 5.75 Å². The van der Waals surface area contributed by atoms with Crippen LogP contribution in [-0.2, 0) is 11.3 Å². The van der Waals surface area contributed by atoms with E-state index in [4.69, 9.17) is 9.72 Å². The SMILES string of the molecule is COc1cccc(N2CCN(C(=O)[C@H]3CCCN(Cc4nc5ccccc5n4-c4ccc(F)cc4)C3)CC2)c1. The molecule has 0 saturated carbocycles. The number of fused-ring (bicyclic) bond motifs is 1. The summed E-state index contributed by atoms with van der Waals surface area (Å²) in [7, 11) is 1.68. The minimum Gasteiger partial charge on any atom is -0.497 e. The number of carbonyl (C=O) groups excluding carboxylic acids is 1. The summed E-state index contributed by atoms with van der Waals surface area (Å²) >= 11 is 0. The average molecular weight is 528 g/mol. The summed E-state index contributed by atoms with van der Waals surface area (Å²) in [6.45, 7) is 5.38. The normalized spacial score (nSPS) is 18.5. The lowest BCUT2D eigenvalue weighted by Crippen LogP contribution is -2.52. The maximum atomic E-state index is 13.6. The van der Waals surface area contributed by atoms with Gasteiger partial charge in [0, 0.05) is 50.2 Å². The molecule has 4 aromatic rings. The fourth-order valence-corrected chi connectivity index (χ4v) is 5.91. The number of nitrogens with zero attached hydrogens (tertiary/aromatic N) is 5. The van der Waals surface area contributed by atoms with Gasteiger partial charge in [-0.1, -0.05) is 18.2 Å². The second kappa shape index (κ2) is 11.1. The molecule has 0 aliphatic carbocycles. The van der Waals surface area contributed by atoms with Gasteiger partial charge in [-0.3, -0.25) is 14.3 Å². The first-order chi connectivity index (χ1) is 19.1. The molecule has 3 heterocycles. The minimum absolute atomic E-state index is 0.00855. The minimum atomic E-state index is -0.258. The summed E-state index contributed by atoms with van der Waals surface area (Å²) in [5, 5.41) is 0. The first-order valence-corrected chi connectivity index (χ1v) is 13.7. The summed E-state index contributed by atoms with van der Waals surface area (Å²) < 4.78 is 21.1. The number of likely N-dealkylation sites (tertiary alicyclic amines) is 1. The number of anilines is 1. The van der Waals surface area contributed by atoms with E-state index in [0.29, 0.717) is 6.54 Å². The van der Waals surface area contributed by atoms with Gasteiger partial charge < -0.3 is 14.5 Å². The van der Waals surface area contributed by atoms with Crippen molar-refractivity contribution in [1.82, 2.24) is 19.4 Å². The highest BCUT2D eigenvalue weighted by Gasteiger charge is 2.32. The molecule has 1 aromatic heterocycles. The van der Waals surface area contributed by atoms with Gasteiger partial charge in [0.25, 0.3) is 0 Å². The van der Waals surface area contributed by atoms with Crippen molar-refractivity contribution in [3.8, 4) is 11.4 Å². The van der Waals surface area contributed by atoms with Crippen molar-refractivity contribution in [3.05, 3.63) is 84.4 Å². The Morgan fingerprint density at radius 3 is 2.54 bits per heavy atom. The molecule has 6 rings (SSSR count). The number of hydrogen-bond donors (Lipinski definition) is 0. The van der Waals surface area contributed by atoms with E-state index in [-0.39, 0.29) is 17.6 Å². The Balaban J connectivity index is 1.13. The van der Waals surface area contributed by atoms with Crippen LogP contribution in [0.25, 0.3) is 16.7 Å². The number of halogens is 1. The van der Waals surface area contributed by atoms with Crippen molar-refractivity contribution in [2.75, 3.05) is 51.3 Å². The lowest BCUT2D eigenvalue weighted by atomic mass is 9.96. The molecule has 0 unspecified atom stereocenters. The number of imidazole rings is 1. The number of para-hydroxylation sites is 2. The molecule has 3 aromatic carbocycles. The maximum Gasteiger partial charge on any atom is 0.227 e. The topological polar surface area (TPSA) is 53.8 Å². The molecule has 8 heteroatoms. The molecule has 2 aliphatic rings. The van der Waals surface area contributed by atoms with Crippen LogP contribution < -0.4 is 9.64 Å². The predicted molar refractivity (Wildman–Crippen MR) is 151 cm³/mol. The third-order valence-corrected chi connectivity index (χ3v) is 7.94. The van der Waals surface area contributed by atoms with Gasteiger partial charge in [0.05, 0.1) is 30.6 Å². The van der Waals surface area contributed by atoms with Gasteiger partial charge in [0.15, 0.2) is 0 Å². The predicted octanol–water partition coefficient (Wildman–Crippen LogP) is 4.73. The van der Waals surface area contributed by atoms with E-state index in [1.807, 2.05) is 41.3 Å². The van der Waals surface area contributed by atoms with E-state index in [0.717, 1.165) is 86.1 Å². The lowest BCUT2D eigenvalue weighted by Gasteiger charge is -2.39. The number of hydrogen-bond acceptors (Lipinski definition) is 5. The fraction of sp³-hybridized carbons (Fsp3) is 0.355. The highest BCUT2D eigenvalue weighted by atomic mass is 19.1. The molecule has 2 saturated heterocycles. The van der Waals surface area contributed by atoms with Gasteiger partial charge in [-0.05, 0) is 67.9 Å². The van der Waals surface area contributed by atoms with E-state index in [1.54, 1.807) is 19.2 Å². The van der Waals surface area contributed by atoms with Gasteiger partial charge in [0.1, 0.15) is 17.4 Å². The number of amides is 1. The van der Waals surface area contributed by atoms with Crippen LogP contribution >= 0.6 is 0 Å². The van der Waals surface area contributed by atoms with E-state index in [2.05, 4.69) is 26.5 Å². The van der Waals surface area contributed by atoms with Crippen molar-refractivity contribution in [1.29, 1.82) is 0 Å². The molecule has 0 radical (unpaired) electrons. The lowest BCUT2D eigenvalue weighted by molar-refractivity contribution is -0.137. The quantitative estimate of drug-likeness (QED) is 0.363. The van der Waals surface area contributed by atoms with Crippen LogP contribution in [0.2, 0.25) is 0 Å². The van der Waals surface area contributed by atoms with Crippen molar-refractivity contribution >= 4 is 22.6 Å². The zero-order valence-corrected chi connectivity index (χ0v) is 22.3. The van der Waals surface area contributed by atoms with Gasteiger partial charge in [-0.15, -0.1) is 0 Å². The number of rotatable bonds is 6. The summed E-state index contributed by atoms with van der Waals surface area (Å²) in [6.07, 6.45) is 1.90. The van der Waals surface area contributed by atoms with Crippen LogP contribution in [0.4, 0.5) is 10.1 Å². The first-order valence-electron chi connectivity index (χ1n) is 13.7. The standard InChI is InChI=1S/C31H34FN5O2/c1-39-27-8-4-7-26(20-27)35-16-18-36(19-17-35)31(38)23-6-5-15-34(21-23)22-30-33-28-9-2-3-10-29(28)37(30)25-13-11-24(32)12-14-25/h2-4,7-14,20,23H,5-6,15-19,21-22H2,1H3/t23-/m0/s1. The molecule has 0 bridgehead atoms. The monoisotopic (exact) mass is 527 g/mol. The van der Waals surface area contributed by atoms with Crippen molar-refractivity contribution in [2.24, 2.45) is 5.92 Å². The van der Waals surface area contributed by atoms with Crippen LogP contribution in [0.15, 0.2) is 72.8 Å². The molecule has 7 nitrogen and oxygen atoms in total. The fourth-order valence-electron chi connectivity index (χ4n) is 5.91. The summed E-state index contributed by atoms with van der Waals surface area (Å²) in [6, 6.07) is 22.7. The van der Waals surface area contributed by atoms with Crippen molar-refractivity contribution < 1.29 is 13.9 Å². The molecule has 39 heavy (non-hydrogen) atoms. The van der Waals surface area contributed by atoms with E-state index in [9.17, 15) is 9.18 Å². The summed E-state index contributed by atoms with van der Waals surface area (Å²) in [4.78, 5) is 25.2. The Kier molecular flexibility index (Phi) is 7.20. The van der Waals surface area contributed by atoms with E-state index in [1.165, 1.54) is 12.1 Å². The Hall–Kier alpha value is -3.91. The van der Waals surface area contributed by atoms with E-state index >= 15 is 0 Å². The molecule has 0 spiro atoms. The van der Waals surface area contributed by atoms with Gasteiger partial charge in [-0.25, -0.2) is 9.37 Å². The Morgan fingerprint density at radius 1 is 0.949 bits per heavy atom. The van der Waals surface area contributed by atoms with Crippen LogP contribution in [0, 0.1) is 11.7 Å². The van der Waals surface area contributed by atoms with E-state index < -0.39 is 0 Å². The van der Waals surface area contributed by atoms with Gasteiger partial charge >= 0.3 is 0 Å². The third-order valence-electron chi connectivity index (χ3n) is 7.94. The summed E-state index contributed by atoms with van der Waals surface area (Å²) in [5.41, 5.74) is 3.93. The number of ether oxygens (including phenoxy) is 1. The number of aromatic nitrogens is 2. The van der Waals surface area contributed by atoms with Crippen molar-refractivity contribution in [2.45, 2.75) is 19.4 Å². The van der Waals surface area contributed by atoms with Gasteiger partial charge in [0.2, 0.25) is 5.91 Å². The third kappa shape index (κ3) is 5.34. The number of piperazine rings is 1. The van der Waals surface area contributed by atoms with Crippen LogP contribution in [0.1, 0.15) is 18.7 Å². The molecule has 2 aliphatic heterocycles. The second-order valence-electron chi connectivity index (χ2n) is 10.4. The smallest absolute Gasteiger partial charge is 0.227 e. The second-order valence-corrected chi connectivity index (χ2v) is 10.4. The van der Waals surface area contributed by atoms with Crippen LogP contribution in [0.3, 0.4) is 0 Å². The first kappa shape index (κ1) is 25.4. The average Bonchev–Trinajstić information content (AvgIpc) is 3.35. The molecule has 0 N–H and O–H groups in total. The molecule has 1 amide bonds. The Labute approximate surface area is 228 Å². The molecule has 202 valence electrons. The molecular weight excluding hydrogens is 493 g/mol. The Bertz CT molecular complexity index is 1450. The molecule has 2 fully saturated rings. The van der Waals surface area contributed by atoms with Crippen molar-refractivity contribution in [3.63, 3.8) is 0 Å². The zero-order valence-electron chi connectivity index (χ0n) is 22.3. The number of benzene rings is 3. The van der Waals surface area contributed by atoms with Gasteiger partial charge in [-0.2, -0.15) is 0 Å². The van der Waals surface area contributed by atoms with Crippen LogP contribution in [-0.4, -0.2) is 71.6 Å². The maximum absolute atomic E-state index is 13.6. The zero-order chi connectivity index (χ0) is 26.8. The Morgan fingerprint density at radius 2 is 1.74 bits per heavy atom. The largest absolute Gasteiger partial charge is 0.497 e. The number of carbonyl (C=O) groups is 1. The highest BCUT2D eigenvalue weighted by molar-refractivity contribution is 5.80. The number of methoxy groups -OCH3 is 1. The molecular formula is C31H34FN5O2. The number of piperidine rings is 1. The molecule has 1 atom stereocenters. The highest BCUT2D eigenvalue weighted by Crippen LogP contribution is 2.27.